The van der Waals surface area contributed by atoms with E-state index in [1.165, 1.54) is 83.5 Å². The van der Waals surface area contributed by atoms with Crippen LogP contribution in [-0.4, -0.2) is 7.41 Å². The van der Waals surface area contributed by atoms with E-state index in [9.17, 15) is 0 Å². The highest BCUT2D eigenvalue weighted by Crippen LogP contribution is 2.21. The van der Waals surface area contributed by atoms with Gasteiger partial charge >= 0.3 is 0 Å². The van der Waals surface area contributed by atoms with Crippen molar-refractivity contribution < 1.29 is 0 Å². The molecule has 1 atom stereocenters. The molecule has 0 aliphatic carbocycles. The lowest BCUT2D eigenvalue weighted by atomic mass is 9.71. The Morgan fingerprint density at radius 2 is 1.06 bits per heavy atom. The van der Waals surface area contributed by atoms with E-state index in [0.29, 0.717) is 5.82 Å². The predicted molar refractivity (Wildman–Crippen MR) is 85.1 cm³/mol. The molecule has 0 heterocycles. The van der Waals surface area contributed by atoms with Gasteiger partial charge in [0.1, 0.15) is 0 Å². The summed E-state index contributed by atoms with van der Waals surface area (Å²) in [6.07, 6.45) is 17.9. The third-order valence-corrected chi connectivity index (χ3v) is 3.88. The molecule has 107 valence electrons. The molecule has 2 heteroatoms. The Balaban J connectivity index is 3.29. The highest BCUT2D eigenvalue weighted by Gasteiger charge is 2.07. The highest BCUT2D eigenvalue weighted by molar-refractivity contribution is 6.33. The van der Waals surface area contributed by atoms with Crippen LogP contribution in [0.15, 0.2) is 0 Å². The molecular formula is C16H35BN. The zero-order valence-corrected chi connectivity index (χ0v) is 12.9. The minimum Gasteiger partial charge on any atom is -0.374 e. The fourth-order valence-electron chi connectivity index (χ4n) is 2.53. The van der Waals surface area contributed by atoms with Gasteiger partial charge in [0.15, 0.2) is 0 Å². The molecule has 1 radical (unpaired) electrons. The number of nitrogens with two attached hydrogens (primary N) is 1. The molecule has 0 fully saturated rings. The third-order valence-electron chi connectivity index (χ3n) is 3.88. The Morgan fingerprint density at radius 1 is 0.667 bits per heavy atom. The van der Waals surface area contributed by atoms with Gasteiger partial charge in [-0.25, -0.2) is 0 Å². The third kappa shape index (κ3) is 12.5. The SMILES string of the molecule is CCCCCCCCC([B]N)CCCCCCC. The first-order valence-electron chi connectivity index (χ1n) is 8.40. The Bertz CT molecular complexity index is 150. The van der Waals surface area contributed by atoms with E-state index < -0.39 is 0 Å². The highest BCUT2D eigenvalue weighted by atomic mass is 14.4. The number of unbranched alkanes of at least 4 members (excludes halogenated alkanes) is 9. The summed E-state index contributed by atoms with van der Waals surface area (Å²) >= 11 is 0. The van der Waals surface area contributed by atoms with Crippen LogP contribution in [-0.2, 0) is 0 Å². The lowest BCUT2D eigenvalue weighted by molar-refractivity contribution is 0.535. The van der Waals surface area contributed by atoms with E-state index in [0.717, 1.165) is 0 Å². The van der Waals surface area contributed by atoms with Crippen LogP contribution >= 0.6 is 0 Å². The van der Waals surface area contributed by atoms with Crippen LogP contribution in [0.2, 0.25) is 5.82 Å². The molecule has 0 aromatic heterocycles. The van der Waals surface area contributed by atoms with Gasteiger partial charge in [0.25, 0.3) is 0 Å². The molecule has 0 saturated carbocycles. The molecule has 1 unspecified atom stereocenters. The van der Waals surface area contributed by atoms with Crippen molar-refractivity contribution in [1.82, 2.24) is 0 Å². The molecular weight excluding hydrogens is 217 g/mol. The second-order valence-electron chi connectivity index (χ2n) is 5.71. The Hall–Kier alpha value is 0.0249. The molecule has 0 saturated heterocycles. The van der Waals surface area contributed by atoms with Crippen molar-refractivity contribution >= 4 is 7.41 Å². The van der Waals surface area contributed by atoms with Gasteiger partial charge in [0.2, 0.25) is 7.41 Å². The smallest absolute Gasteiger partial charge is 0.205 e. The summed E-state index contributed by atoms with van der Waals surface area (Å²) in [6.45, 7) is 4.55. The van der Waals surface area contributed by atoms with Crippen molar-refractivity contribution in [2.45, 2.75) is 103 Å². The molecule has 0 aromatic carbocycles. The molecule has 0 aliphatic rings. The summed E-state index contributed by atoms with van der Waals surface area (Å²) in [6, 6.07) is 0. The van der Waals surface area contributed by atoms with Crippen molar-refractivity contribution in [3.8, 4) is 0 Å². The number of rotatable bonds is 14. The van der Waals surface area contributed by atoms with Gasteiger partial charge in [-0.3, -0.25) is 0 Å². The summed E-state index contributed by atoms with van der Waals surface area (Å²) in [5, 5.41) is 0. The standard InChI is InChI=1S/C16H35BN/c1-3-5-7-9-11-13-15-16(17-18)14-12-10-8-6-4-2/h16H,3-15,18H2,1-2H3. The molecule has 0 aromatic rings. The van der Waals surface area contributed by atoms with Crippen molar-refractivity contribution in [1.29, 1.82) is 0 Å². The van der Waals surface area contributed by atoms with Gasteiger partial charge in [-0.15, -0.1) is 0 Å². The Kier molecular flexibility index (Phi) is 15.1. The molecule has 18 heavy (non-hydrogen) atoms. The zero-order valence-electron chi connectivity index (χ0n) is 12.9. The van der Waals surface area contributed by atoms with Crippen LogP contribution in [0.4, 0.5) is 0 Å². The molecule has 0 bridgehead atoms. The maximum Gasteiger partial charge on any atom is 0.205 e. The van der Waals surface area contributed by atoms with Crippen LogP contribution in [0.1, 0.15) is 97.3 Å². The van der Waals surface area contributed by atoms with Crippen LogP contribution in [0, 0.1) is 0 Å². The fraction of sp³-hybridized carbons (Fsp3) is 1.00. The average Bonchev–Trinajstić information content (AvgIpc) is 2.40. The van der Waals surface area contributed by atoms with E-state index in [1.807, 2.05) is 7.41 Å². The minimum atomic E-state index is 0.679. The number of hydrogen-bond acceptors (Lipinski definition) is 1. The summed E-state index contributed by atoms with van der Waals surface area (Å²) in [4.78, 5) is 0. The molecule has 2 N–H and O–H groups in total. The number of hydrogen-bond donors (Lipinski definition) is 1. The van der Waals surface area contributed by atoms with Gasteiger partial charge in [-0.2, -0.15) is 0 Å². The lowest BCUT2D eigenvalue weighted by Gasteiger charge is -2.13. The average molecular weight is 252 g/mol. The van der Waals surface area contributed by atoms with E-state index in [-0.39, 0.29) is 0 Å². The fourth-order valence-corrected chi connectivity index (χ4v) is 2.53. The zero-order chi connectivity index (χ0) is 13.5. The summed E-state index contributed by atoms with van der Waals surface area (Å²) in [7, 11) is 1.95. The molecule has 1 nitrogen and oxygen atoms in total. The maximum absolute atomic E-state index is 5.75. The van der Waals surface area contributed by atoms with Crippen LogP contribution in [0.3, 0.4) is 0 Å². The summed E-state index contributed by atoms with van der Waals surface area (Å²) in [5.74, 6) is 0.679. The van der Waals surface area contributed by atoms with E-state index >= 15 is 0 Å². The largest absolute Gasteiger partial charge is 0.374 e. The molecule has 0 rings (SSSR count). The first-order valence-corrected chi connectivity index (χ1v) is 8.40. The van der Waals surface area contributed by atoms with Gasteiger partial charge < -0.3 is 5.64 Å². The maximum atomic E-state index is 5.75. The van der Waals surface area contributed by atoms with Crippen LogP contribution in [0.25, 0.3) is 0 Å². The molecule has 0 aliphatic heterocycles. The molecule has 0 amide bonds. The second-order valence-corrected chi connectivity index (χ2v) is 5.71. The Labute approximate surface area is 117 Å². The summed E-state index contributed by atoms with van der Waals surface area (Å²) in [5.41, 5.74) is 5.75. The monoisotopic (exact) mass is 252 g/mol. The second kappa shape index (κ2) is 15.1. The first-order chi connectivity index (χ1) is 8.85. The van der Waals surface area contributed by atoms with Crippen molar-refractivity contribution in [3.63, 3.8) is 0 Å². The lowest BCUT2D eigenvalue weighted by Crippen LogP contribution is -2.13. The van der Waals surface area contributed by atoms with Gasteiger partial charge in [0.05, 0.1) is 0 Å². The first kappa shape index (κ1) is 18.0. The van der Waals surface area contributed by atoms with E-state index in [4.69, 9.17) is 5.64 Å². The van der Waals surface area contributed by atoms with Crippen molar-refractivity contribution in [2.75, 3.05) is 0 Å². The van der Waals surface area contributed by atoms with Crippen LogP contribution < -0.4 is 5.64 Å². The normalized spacial score (nSPS) is 12.6. The molecule has 0 spiro atoms. The minimum absolute atomic E-state index is 0.679. The van der Waals surface area contributed by atoms with Gasteiger partial charge in [-0.05, 0) is 0 Å². The topological polar surface area (TPSA) is 26.0 Å². The quantitative estimate of drug-likeness (QED) is 0.322. The van der Waals surface area contributed by atoms with Gasteiger partial charge in [0, 0.05) is 0 Å². The van der Waals surface area contributed by atoms with E-state index in [2.05, 4.69) is 13.8 Å². The van der Waals surface area contributed by atoms with E-state index in [1.54, 1.807) is 0 Å². The Morgan fingerprint density at radius 3 is 1.44 bits per heavy atom. The predicted octanol–water partition coefficient (Wildman–Crippen LogP) is 5.46. The summed E-state index contributed by atoms with van der Waals surface area (Å²) < 4.78 is 0. The van der Waals surface area contributed by atoms with Crippen molar-refractivity contribution in [2.24, 2.45) is 5.64 Å². The van der Waals surface area contributed by atoms with Crippen LogP contribution in [0.5, 0.6) is 0 Å². The van der Waals surface area contributed by atoms with Crippen molar-refractivity contribution in [3.05, 3.63) is 0 Å². The van der Waals surface area contributed by atoms with Gasteiger partial charge in [-0.1, -0.05) is 103 Å².